The van der Waals surface area contributed by atoms with Gasteiger partial charge in [-0.2, -0.15) is 0 Å². The lowest BCUT2D eigenvalue weighted by Crippen LogP contribution is -2.26. The molecule has 0 radical (unpaired) electrons. The fraction of sp³-hybridized carbons (Fsp3) is 0.0556. The van der Waals surface area contributed by atoms with Crippen LogP contribution in [0.5, 0.6) is 0 Å². The summed E-state index contributed by atoms with van der Waals surface area (Å²) in [5.74, 6) is -1.00. The topological polar surface area (TPSA) is 43.4 Å². The predicted octanol–water partition coefficient (Wildman–Crippen LogP) is 7.45. The van der Waals surface area contributed by atoms with Crippen LogP contribution >= 0.6 is 0 Å². The molecule has 0 unspecified atom stereocenters. The molecule has 0 fully saturated rings. The number of carbonyl (C=O) groups is 2. The number of hydrogen-bond acceptors (Lipinski definition) is 3. The number of rotatable bonds is 5. The van der Waals surface area contributed by atoms with Crippen LogP contribution < -0.4 is 0 Å². The zero-order valence-electron chi connectivity index (χ0n) is 21.5. The van der Waals surface area contributed by atoms with Crippen LogP contribution in [0.1, 0.15) is 22.3 Å². The zero-order chi connectivity index (χ0) is 26.8. The molecule has 0 aliphatic heterocycles. The third-order valence-corrected chi connectivity index (χ3v) is 7.37. The van der Waals surface area contributed by atoms with Gasteiger partial charge in [0.25, 0.3) is 0 Å². The van der Waals surface area contributed by atoms with E-state index in [1.807, 2.05) is 84.9 Å². The zero-order valence-corrected chi connectivity index (χ0v) is 21.5. The molecule has 4 aromatic rings. The molecule has 0 saturated heterocycles. The van der Waals surface area contributed by atoms with Crippen molar-refractivity contribution in [3.8, 4) is 0 Å². The standard InChI is InChI=1S/C36H26O3/c1-39-35(38)29-24-36(23-22-30(29)37)33(27-18-10-4-11-19-27)31(25-14-6-2-7-15-25)32(26-16-8-3-9-17-26)34(36)28-20-12-5-13-21-28/h2-24H,1H3. The van der Waals surface area contributed by atoms with E-state index >= 15 is 0 Å². The lowest BCUT2D eigenvalue weighted by atomic mass is 9.68. The monoisotopic (exact) mass is 506 g/mol. The highest BCUT2D eigenvalue weighted by atomic mass is 16.5. The highest BCUT2D eigenvalue weighted by Gasteiger charge is 2.48. The molecule has 2 aliphatic rings. The molecule has 0 N–H and O–H groups in total. The number of carbonyl (C=O) groups excluding carboxylic acids is 2. The summed E-state index contributed by atoms with van der Waals surface area (Å²) in [6, 6.07) is 41.1. The molecule has 3 heteroatoms. The van der Waals surface area contributed by atoms with Gasteiger partial charge in [-0.3, -0.25) is 4.79 Å². The minimum absolute atomic E-state index is 0.0311. The summed E-state index contributed by atoms with van der Waals surface area (Å²) in [6.45, 7) is 0. The maximum atomic E-state index is 13.0. The Bertz CT molecular complexity index is 1570. The smallest absolute Gasteiger partial charge is 0.341 e. The molecule has 188 valence electrons. The molecule has 6 rings (SSSR count). The van der Waals surface area contributed by atoms with Crippen molar-refractivity contribution < 1.29 is 14.3 Å². The Kier molecular flexibility index (Phi) is 6.26. The summed E-state index contributed by atoms with van der Waals surface area (Å²) in [5.41, 5.74) is 7.40. The lowest BCUT2D eigenvalue weighted by molar-refractivity contribution is -0.137. The quantitative estimate of drug-likeness (QED) is 0.209. The van der Waals surface area contributed by atoms with Crippen LogP contribution in [0.3, 0.4) is 0 Å². The predicted molar refractivity (Wildman–Crippen MR) is 156 cm³/mol. The molecule has 0 atom stereocenters. The Morgan fingerprint density at radius 3 is 1.36 bits per heavy atom. The van der Waals surface area contributed by atoms with Crippen molar-refractivity contribution >= 4 is 34.0 Å². The Labute approximate surface area is 228 Å². The Hall–Kier alpha value is -5.02. The molecule has 39 heavy (non-hydrogen) atoms. The first-order chi connectivity index (χ1) is 19.1. The van der Waals surface area contributed by atoms with E-state index in [1.165, 1.54) is 13.2 Å². The number of hydrogen-bond donors (Lipinski definition) is 0. The molecule has 3 nitrogen and oxygen atoms in total. The molecule has 1 spiro atoms. The minimum Gasteiger partial charge on any atom is -0.465 e. The maximum absolute atomic E-state index is 13.0. The number of ether oxygens (including phenoxy) is 1. The van der Waals surface area contributed by atoms with E-state index in [2.05, 4.69) is 48.5 Å². The summed E-state index contributed by atoms with van der Waals surface area (Å²) in [6.07, 6.45) is 5.28. The van der Waals surface area contributed by atoms with Gasteiger partial charge in [-0.15, -0.1) is 0 Å². The van der Waals surface area contributed by atoms with Crippen molar-refractivity contribution in [1.29, 1.82) is 0 Å². The normalized spacial score (nSPS) is 16.0. The number of benzene rings is 4. The fourth-order valence-electron chi connectivity index (χ4n) is 5.78. The Morgan fingerprint density at radius 1 is 0.590 bits per heavy atom. The van der Waals surface area contributed by atoms with Crippen molar-refractivity contribution in [1.82, 2.24) is 0 Å². The van der Waals surface area contributed by atoms with Gasteiger partial charge in [0, 0.05) is 0 Å². The Balaban J connectivity index is 1.83. The van der Waals surface area contributed by atoms with Crippen molar-refractivity contribution in [2.24, 2.45) is 5.41 Å². The molecule has 0 saturated carbocycles. The van der Waals surface area contributed by atoms with Crippen LogP contribution in [0.4, 0.5) is 0 Å². The van der Waals surface area contributed by atoms with Crippen LogP contribution in [0.25, 0.3) is 22.3 Å². The van der Waals surface area contributed by atoms with Gasteiger partial charge in [-0.1, -0.05) is 127 Å². The SMILES string of the molecule is COC(=O)C1=CC2(C=CC1=O)C(c1ccccc1)=C(c1ccccc1)C(c1ccccc1)=C2c1ccccc1. The van der Waals surface area contributed by atoms with Gasteiger partial charge in [0.05, 0.1) is 12.5 Å². The molecule has 2 aliphatic carbocycles. The van der Waals surface area contributed by atoms with E-state index < -0.39 is 11.4 Å². The van der Waals surface area contributed by atoms with Crippen LogP contribution in [0, 0.1) is 5.41 Å². The van der Waals surface area contributed by atoms with E-state index in [0.717, 1.165) is 44.5 Å². The van der Waals surface area contributed by atoms with Crippen LogP contribution in [0.2, 0.25) is 0 Å². The first-order valence-corrected chi connectivity index (χ1v) is 12.9. The summed E-state index contributed by atoms with van der Waals surface area (Å²) >= 11 is 0. The molecular weight excluding hydrogens is 480 g/mol. The fourth-order valence-corrected chi connectivity index (χ4v) is 5.78. The number of ketones is 1. The van der Waals surface area contributed by atoms with Crippen LogP contribution in [-0.4, -0.2) is 18.9 Å². The van der Waals surface area contributed by atoms with Crippen molar-refractivity contribution in [3.05, 3.63) is 167 Å². The summed E-state index contributed by atoms with van der Waals surface area (Å²) in [5, 5.41) is 0. The summed E-state index contributed by atoms with van der Waals surface area (Å²) < 4.78 is 5.07. The van der Waals surface area contributed by atoms with Gasteiger partial charge in [-0.05, 0) is 56.7 Å². The highest BCUT2D eigenvalue weighted by Crippen LogP contribution is 2.63. The third kappa shape index (κ3) is 4.09. The second kappa shape index (κ2) is 10.0. The van der Waals surface area contributed by atoms with Gasteiger partial charge in [0.15, 0.2) is 5.78 Å². The second-order valence-electron chi connectivity index (χ2n) is 9.58. The summed E-state index contributed by atoms with van der Waals surface area (Å²) in [4.78, 5) is 26.0. The van der Waals surface area contributed by atoms with Crippen LogP contribution in [-0.2, 0) is 14.3 Å². The van der Waals surface area contributed by atoms with E-state index in [1.54, 1.807) is 0 Å². The van der Waals surface area contributed by atoms with Gasteiger partial charge in [-0.25, -0.2) is 4.79 Å². The molecular formula is C36H26O3. The Morgan fingerprint density at radius 2 is 0.974 bits per heavy atom. The highest BCUT2D eigenvalue weighted by molar-refractivity contribution is 6.33. The molecule has 0 bridgehead atoms. The van der Waals surface area contributed by atoms with Gasteiger partial charge < -0.3 is 4.74 Å². The largest absolute Gasteiger partial charge is 0.465 e. The van der Waals surface area contributed by atoms with Crippen molar-refractivity contribution in [2.75, 3.05) is 7.11 Å². The lowest BCUT2D eigenvalue weighted by Gasteiger charge is -2.33. The van der Waals surface area contributed by atoms with E-state index in [4.69, 9.17) is 4.74 Å². The molecule has 4 aromatic carbocycles. The number of methoxy groups -OCH3 is 1. The van der Waals surface area contributed by atoms with Crippen molar-refractivity contribution in [2.45, 2.75) is 0 Å². The third-order valence-electron chi connectivity index (χ3n) is 7.37. The average Bonchev–Trinajstić information content (AvgIpc) is 3.30. The van der Waals surface area contributed by atoms with Gasteiger partial charge >= 0.3 is 5.97 Å². The minimum atomic E-state index is -0.906. The number of allylic oxidation sites excluding steroid dienone is 7. The molecule has 0 heterocycles. The van der Waals surface area contributed by atoms with Crippen LogP contribution in [0.15, 0.2) is 145 Å². The van der Waals surface area contributed by atoms with Gasteiger partial charge in [0.1, 0.15) is 5.57 Å². The number of esters is 1. The maximum Gasteiger partial charge on any atom is 0.341 e. The summed E-state index contributed by atoms with van der Waals surface area (Å²) in [7, 11) is 1.31. The first-order valence-electron chi connectivity index (χ1n) is 12.9. The van der Waals surface area contributed by atoms with E-state index in [9.17, 15) is 9.59 Å². The van der Waals surface area contributed by atoms with E-state index in [-0.39, 0.29) is 11.4 Å². The molecule has 0 aromatic heterocycles. The van der Waals surface area contributed by atoms with E-state index in [0.29, 0.717) is 0 Å². The van der Waals surface area contributed by atoms with Gasteiger partial charge in [0.2, 0.25) is 0 Å². The second-order valence-corrected chi connectivity index (χ2v) is 9.58. The van der Waals surface area contributed by atoms with Crippen molar-refractivity contribution in [3.63, 3.8) is 0 Å². The first kappa shape index (κ1) is 24.3. The average molecular weight is 507 g/mol. The molecule has 0 amide bonds.